The average Bonchev–Trinajstić information content (AvgIpc) is 2.96. The van der Waals surface area contributed by atoms with Gasteiger partial charge in [-0.15, -0.1) is 0 Å². The lowest BCUT2D eigenvalue weighted by Gasteiger charge is -2.46. The van der Waals surface area contributed by atoms with Gasteiger partial charge in [-0.2, -0.15) is 18.2 Å². The van der Waals surface area contributed by atoms with E-state index >= 15 is 0 Å². The number of anilines is 1. The Bertz CT molecular complexity index is 1530. The van der Waals surface area contributed by atoms with Crippen molar-refractivity contribution in [3.8, 4) is 0 Å². The predicted molar refractivity (Wildman–Crippen MR) is 159 cm³/mol. The number of alkyl halides is 3. The second-order valence-corrected chi connectivity index (χ2v) is 13.6. The molecule has 44 heavy (non-hydrogen) atoms. The summed E-state index contributed by atoms with van der Waals surface area (Å²) in [6.45, 7) is 1.63. The van der Waals surface area contributed by atoms with Gasteiger partial charge in [0.15, 0.2) is 9.84 Å². The molecule has 10 nitrogen and oxygen atoms in total. The van der Waals surface area contributed by atoms with Crippen LogP contribution in [0.2, 0.25) is 10.0 Å². The van der Waals surface area contributed by atoms with Gasteiger partial charge in [0.1, 0.15) is 19.6 Å². The first-order valence-electron chi connectivity index (χ1n) is 13.7. The van der Waals surface area contributed by atoms with E-state index in [2.05, 4.69) is 5.32 Å². The van der Waals surface area contributed by atoms with Gasteiger partial charge >= 0.3 is 12.3 Å². The van der Waals surface area contributed by atoms with Gasteiger partial charge in [-0.25, -0.2) is 17.8 Å². The van der Waals surface area contributed by atoms with Gasteiger partial charge in [0, 0.05) is 36.2 Å². The number of hydrogen-bond acceptors (Lipinski definition) is 5. The summed E-state index contributed by atoms with van der Waals surface area (Å²) in [5.41, 5.74) is -2.00. The van der Waals surface area contributed by atoms with Crippen LogP contribution in [-0.2, 0) is 27.4 Å². The van der Waals surface area contributed by atoms with E-state index in [0.29, 0.717) is 32.0 Å². The molecule has 3 amide bonds. The molecule has 0 aromatic heterocycles. The number of carbonyl (C=O) groups is 3. The number of nitrogens with zero attached hydrogens (tertiary/aromatic N) is 3. The number of amides is 3. The number of sulfone groups is 1. The molecule has 2 aromatic rings. The van der Waals surface area contributed by atoms with Gasteiger partial charge in [-0.05, 0) is 49.6 Å². The molecule has 0 aliphatic carbocycles. The number of halogens is 5. The topological polar surface area (TPSA) is 124 Å². The van der Waals surface area contributed by atoms with E-state index in [0.717, 1.165) is 17.4 Å². The standard InChI is InChI=1S/C28H33Cl2F3N4O6S/c1-4-44(42,43)24-9-8-19(29)16-23(24)35(2)26(39)18-14-21(28(31,32)33)20(22(30)15-18)17-37(12-6-5-7-13-37)36(3)25(38)10-11-34-27(40)41/h8-9,14-16,34H,4-7,10-13,17H2,1-3H3/p+1. The zero-order valence-corrected chi connectivity index (χ0v) is 26.7. The van der Waals surface area contributed by atoms with Crippen LogP contribution in [0, 0.1) is 0 Å². The van der Waals surface area contributed by atoms with Gasteiger partial charge in [0.05, 0.1) is 34.0 Å². The number of nitrogens with one attached hydrogen (secondary N) is 1. The maximum atomic E-state index is 14.6. The molecular formula is C28H34Cl2F3N4O6S+. The minimum atomic E-state index is -4.94. The zero-order valence-electron chi connectivity index (χ0n) is 24.4. The maximum absolute atomic E-state index is 14.6. The Morgan fingerprint density at radius 3 is 2.25 bits per heavy atom. The van der Waals surface area contributed by atoms with Crippen LogP contribution in [0.3, 0.4) is 0 Å². The monoisotopic (exact) mass is 681 g/mol. The Balaban J connectivity index is 2.06. The summed E-state index contributed by atoms with van der Waals surface area (Å²) in [7, 11) is -1.13. The van der Waals surface area contributed by atoms with Crippen LogP contribution < -0.4 is 10.2 Å². The van der Waals surface area contributed by atoms with E-state index in [1.165, 1.54) is 44.2 Å². The third kappa shape index (κ3) is 7.95. The minimum absolute atomic E-state index is 0.103. The number of carbonyl (C=O) groups excluding carboxylic acids is 2. The molecule has 0 unspecified atom stereocenters. The molecule has 1 aliphatic heterocycles. The SMILES string of the molecule is CCS(=O)(=O)c1ccc(Cl)cc1N(C)C(=O)c1cc(Cl)c(C[N+]2(N(C)C(=O)CCNC(=O)O)CCCCC2)c(C(F)(F)F)c1. The van der Waals surface area contributed by atoms with Crippen LogP contribution in [0.15, 0.2) is 35.2 Å². The van der Waals surface area contributed by atoms with Crippen LogP contribution in [0.5, 0.6) is 0 Å². The number of benzene rings is 2. The molecule has 0 bridgehead atoms. The molecule has 2 N–H and O–H groups in total. The zero-order chi connectivity index (χ0) is 33.0. The highest BCUT2D eigenvalue weighted by Crippen LogP contribution is 2.40. The van der Waals surface area contributed by atoms with Crippen molar-refractivity contribution in [1.82, 2.24) is 10.3 Å². The van der Waals surface area contributed by atoms with Crippen LogP contribution in [0.25, 0.3) is 0 Å². The highest BCUT2D eigenvalue weighted by Gasteiger charge is 2.43. The molecule has 3 rings (SSSR count). The molecule has 0 atom stereocenters. The summed E-state index contributed by atoms with van der Waals surface area (Å²) in [6.07, 6.45) is -4.35. The number of rotatable bonds is 10. The average molecular weight is 683 g/mol. The first-order chi connectivity index (χ1) is 20.4. The molecule has 0 radical (unpaired) electrons. The largest absolute Gasteiger partial charge is 0.465 e. The smallest absolute Gasteiger partial charge is 0.416 e. The number of hydrogen-bond donors (Lipinski definition) is 2. The van der Waals surface area contributed by atoms with Crippen molar-refractivity contribution in [2.75, 3.05) is 44.4 Å². The van der Waals surface area contributed by atoms with E-state index in [-0.39, 0.29) is 56.0 Å². The van der Waals surface area contributed by atoms with Gasteiger partial charge in [0.2, 0.25) is 0 Å². The third-order valence-electron chi connectivity index (χ3n) is 7.76. The summed E-state index contributed by atoms with van der Waals surface area (Å²) in [5.74, 6) is -1.69. The fourth-order valence-electron chi connectivity index (χ4n) is 5.28. The van der Waals surface area contributed by atoms with Gasteiger partial charge < -0.3 is 15.3 Å². The highest BCUT2D eigenvalue weighted by atomic mass is 35.5. The predicted octanol–water partition coefficient (Wildman–Crippen LogP) is 5.61. The Hall–Kier alpha value is -3.07. The van der Waals surface area contributed by atoms with Crippen molar-refractivity contribution in [1.29, 1.82) is 0 Å². The number of piperidine rings is 1. The first-order valence-corrected chi connectivity index (χ1v) is 16.1. The minimum Gasteiger partial charge on any atom is -0.465 e. The van der Waals surface area contributed by atoms with Crippen molar-refractivity contribution in [3.63, 3.8) is 0 Å². The lowest BCUT2D eigenvalue weighted by atomic mass is 9.99. The molecule has 1 saturated heterocycles. The molecular weight excluding hydrogens is 648 g/mol. The van der Waals surface area contributed by atoms with Crippen molar-refractivity contribution in [2.24, 2.45) is 0 Å². The summed E-state index contributed by atoms with van der Waals surface area (Å²) >= 11 is 12.6. The van der Waals surface area contributed by atoms with Crippen molar-refractivity contribution in [3.05, 3.63) is 57.1 Å². The van der Waals surface area contributed by atoms with E-state index < -0.39 is 45.0 Å². The lowest BCUT2D eigenvalue weighted by Crippen LogP contribution is -2.62. The summed E-state index contributed by atoms with van der Waals surface area (Å²) in [4.78, 5) is 38.0. The Morgan fingerprint density at radius 1 is 1.05 bits per heavy atom. The molecule has 2 aromatic carbocycles. The molecule has 1 heterocycles. The van der Waals surface area contributed by atoms with E-state index in [1.807, 2.05) is 0 Å². The summed E-state index contributed by atoms with van der Waals surface area (Å²) < 4.78 is 68.9. The maximum Gasteiger partial charge on any atom is 0.416 e. The fraction of sp³-hybridized carbons (Fsp3) is 0.464. The molecule has 0 spiro atoms. The molecule has 0 saturated carbocycles. The number of quaternary nitrogens is 1. The Morgan fingerprint density at radius 2 is 1.68 bits per heavy atom. The van der Waals surface area contributed by atoms with E-state index in [4.69, 9.17) is 28.3 Å². The Labute approximate surface area is 263 Å². The van der Waals surface area contributed by atoms with Crippen LogP contribution >= 0.6 is 23.2 Å². The fourth-order valence-corrected chi connectivity index (χ4v) is 6.83. The summed E-state index contributed by atoms with van der Waals surface area (Å²) in [6, 6.07) is 5.59. The molecule has 16 heteroatoms. The van der Waals surface area contributed by atoms with Crippen LogP contribution in [-0.4, -0.2) is 80.5 Å². The highest BCUT2D eigenvalue weighted by molar-refractivity contribution is 7.91. The third-order valence-corrected chi connectivity index (χ3v) is 10.1. The quantitative estimate of drug-likeness (QED) is 0.314. The second kappa shape index (κ2) is 13.9. The molecule has 1 aliphatic rings. The normalized spacial score (nSPS) is 15.0. The van der Waals surface area contributed by atoms with Gasteiger partial charge in [0.25, 0.3) is 11.8 Å². The lowest BCUT2D eigenvalue weighted by molar-refractivity contribution is -1.04. The van der Waals surface area contributed by atoms with Crippen molar-refractivity contribution in [2.45, 2.75) is 50.2 Å². The van der Waals surface area contributed by atoms with Gasteiger partial charge in [-0.1, -0.05) is 30.1 Å². The van der Waals surface area contributed by atoms with Crippen LogP contribution in [0.1, 0.15) is 54.1 Å². The van der Waals surface area contributed by atoms with Crippen molar-refractivity contribution >= 4 is 56.6 Å². The number of carboxylic acid groups (broad SMARTS) is 1. The second-order valence-electron chi connectivity index (χ2n) is 10.5. The van der Waals surface area contributed by atoms with Crippen molar-refractivity contribution < 1.29 is 45.7 Å². The van der Waals surface area contributed by atoms with Gasteiger partial charge in [-0.3, -0.25) is 9.59 Å². The Kier molecular flexibility index (Phi) is 11.2. The van der Waals surface area contributed by atoms with E-state index in [1.54, 1.807) is 0 Å². The molecule has 242 valence electrons. The number of likely N-dealkylation sites (tertiary alicyclic amines) is 1. The van der Waals surface area contributed by atoms with E-state index in [9.17, 15) is 36.0 Å². The summed E-state index contributed by atoms with van der Waals surface area (Å²) in [5, 5.41) is 12.0. The first kappa shape index (κ1) is 35.4. The van der Waals surface area contributed by atoms with Crippen LogP contribution in [0.4, 0.5) is 23.7 Å². The molecule has 1 fully saturated rings.